The summed E-state index contributed by atoms with van der Waals surface area (Å²) in [5.74, 6) is -0.554. The topological polar surface area (TPSA) is 18.8 Å². The highest BCUT2D eigenvalue weighted by Crippen LogP contribution is 2.41. The predicted octanol–water partition coefficient (Wildman–Crippen LogP) is 7.01. The first-order chi connectivity index (χ1) is 17.3. The second-order valence-corrected chi connectivity index (χ2v) is 10.8. The highest BCUT2D eigenvalue weighted by atomic mass is 19.1. The summed E-state index contributed by atoms with van der Waals surface area (Å²) >= 11 is 0. The number of allylic oxidation sites excluding steroid dienone is 6. The molecule has 2 heterocycles. The molecule has 0 saturated carbocycles. The Labute approximate surface area is 213 Å². The van der Waals surface area contributed by atoms with Gasteiger partial charge < -0.3 is 4.90 Å². The second-order valence-electron chi connectivity index (χ2n) is 10.8. The third-order valence-corrected chi connectivity index (χ3v) is 8.48. The van der Waals surface area contributed by atoms with Gasteiger partial charge in [0.15, 0.2) is 5.83 Å². The molecule has 1 aliphatic carbocycles. The first-order valence-corrected chi connectivity index (χ1v) is 13.2. The summed E-state index contributed by atoms with van der Waals surface area (Å²) in [7, 11) is 3.95. The lowest BCUT2D eigenvalue weighted by molar-refractivity contribution is 0.204. The van der Waals surface area contributed by atoms with Crippen LogP contribution in [0.2, 0.25) is 0 Å². The van der Waals surface area contributed by atoms with Gasteiger partial charge in [0.1, 0.15) is 11.5 Å². The van der Waals surface area contributed by atoms with Crippen LogP contribution in [0.15, 0.2) is 58.5 Å². The molecule has 0 aromatic heterocycles. The maximum Gasteiger partial charge on any atom is 0.156 e. The van der Waals surface area contributed by atoms with E-state index in [-0.39, 0.29) is 17.2 Å². The lowest BCUT2D eigenvalue weighted by Crippen LogP contribution is -2.41. The minimum absolute atomic E-state index is 0.0697. The van der Waals surface area contributed by atoms with Crippen LogP contribution in [0.3, 0.4) is 0 Å². The van der Waals surface area contributed by atoms with Crippen LogP contribution >= 0.6 is 0 Å². The number of benzene rings is 2. The van der Waals surface area contributed by atoms with Crippen molar-refractivity contribution in [1.82, 2.24) is 9.80 Å². The molecule has 0 amide bonds. The number of aliphatic imine (C=N–C) groups is 1. The van der Waals surface area contributed by atoms with E-state index >= 15 is 4.39 Å². The molecule has 0 N–H and O–H groups in total. The third-order valence-electron chi connectivity index (χ3n) is 8.48. The molecule has 2 fully saturated rings. The van der Waals surface area contributed by atoms with Crippen molar-refractivity contribution in [3.63, 3.8) is 0 Å². The van der Waals surface area contributed by atoms with Gasteiger partial charge >= 0.3 is 0 Å². The summed E-state index contributed by atoms with van der Waals surface area (Å²) in [6, 6.07) is 7.36. The summed E-state index contributed by atoms with van der Waals surface area (Å²) < 4.78 is 31.5. The Hall–Kier alpha value is -2.79. The van der Waals surface area contributed by atoms with Crippen molar-refractivity contribution in [3.05, 3.63) is 76.0 Å². The molecule has 5 heteroatoms. The molecule has 0 atom stereocenters. The summed E-state index contributed by atoms with van der Waals surface area (Å²) in [4.78, 5) is 9.61. The van der Waals surface area contributed by atoms with Gasteiger partial charge in [0.2, 0.25) is 0 Å². The monoisotopic (exact) mass is 489 g/mol. The first-order valence-electron chi connectivity index (χ1n) is 13.2. The van der Waals surface area contributed by atoms with E-state index in [2.05, 4.69) is 4.90 Å². The Morgan fingerprint density at radius 2 is 1.81 bits per heavy atom. The average Bonchev–Trinajstić information content (AvgIpc) is 3.43. The SMILES string of the molecule is CCc1c(F)ccc2cc(C)cc(C3=C(F)C(=NCC45CCCN4CCC5)/C(=C(\C)N(C)C)C=C3)c12. The van der Waals surface area contributed by atoms with Crippen molar-refractivity contribution in [3.8, 4) is 0 Å². The fourth-order valence-corrected chi connectivity index (χ4v) is 6.39. The molecule has 3 nitrogen and oxygen atoms in total. The fourth-order valence-electron chi connectivity index (χ4n) is 6.39. The van der Waals surface area contributed by atoms with Gasteiger partial charge in [-0.1, -0.05) is 37.3 Å². The molecule has 0 bridgehead atoms. The zero-order valence-corrected chi connectivity index (χ0v) is 22.2. The van der Waals surface area contributed by atoms with Gasteiger partial charge in [0.25, 0.3) is 0 Å². The lowest BCUT2D eigenvalue weighted by atomic mass is 9.87. The van der Waals surface area contributed by atoms with Gasteiger partial charge in [-0.15, -0.1) is 0 Å². The van der Waals surface area contributed by atoms with Gasteiger partial charge in [-0.25, -0.2) is 8.78 Å². The predicted molar refractivity (Wildman–Crippen MR) is 147 cm³/mol. The highest BCUT2D eigenvalue weighted by Gasteiger charge is 2.44. The molecule has 2 aliphatic heterocycles. The zero-order chi connectivity index (χ0) is 25.6. The Kier molecular flexibility index (Phi) is 6.63. The van der Waals surface area contributed by atoms with E-state index in [1.54, 1.807) is 6.07 Å². The van der Waals surface area contributed by atoms with Gasteiger partial charge in [-0.05, 0) is 92.6 Å². The number of rotatable bonds is 5. The van der Waals surface area contributed by atoms with Crippen LogP contribution in [0.4, 0.5) is 8.78 Å². The van der Waals surface area contributed by atoms with E-state index in [1.165, 1.54) is 18.9 Å². The maximum absolute atomic E-state index is 16.6. The first kappa shape index (κ1) is 24.9. The van der Waals surface area contributed by atoms with Crippen molar-refractivity contribution < 1.29 is 8.78 Å². The average molecular weight is 490 g/mol. The maximum atomic E-state index is 16.6. The largest absolute Gasteiger partial charge is 0.381 e. The van der Waals surface area contributed by atoms with Gasteiger partial charge in [-0.3, -0.25) is 9.89 Å². The Bertz CT molecular complexity index is 1320. The van der Waals surface area contributed by atoms with Gasteiger partial charge in [0, 0.05) is 36.5 Å². The smallest absolute Gasteiger partial charge is 0.156 e. The summed E-state index contributed by atoms with van der Waals surface area (Å²) in [6.07, 6.45) is 9.02. The number of halogens is 2. The number of hydrogen-bond acceptors (Lipinski definition) is 3. The van der Waals surface area contributed by atoms with E-state index < -0.39 is 0 Å². The molecule has 36 heavy (non-hydrogen) atoms. The number of fused-ring (bicyclic) bond motifs is 2. The van der Waals surface area contributed by atoms with Crippen molar-refractivity contribution in [2.45, 2.75) is 58.4 Å². The van der Waals surface area contributed by atoms with Crippen LogP contribution in [-0.4, -0.2) is 54.8 Å². The highest BCUT2D eigenvalue weighted by molar-refractivity contribution is 6.21. The van der Waals surface area contributed by atoms with Crippen molar-refractivity contribution >= 4 is 22.1 Å². The number of aryl methyl sites for hydroxylation is 2. The quantitative estimate of drug-likeness (QED) is 0.450. The van der Waals surface area contributed by atoms with E-state index in [0.29, 0.717) is 29.8 Å². The summed E-state index contributed by atoms with van der Waals surface area (Å²) in [6.45, 7) is 8.82. The molecule has 190 valence electrons. The van der Waals surface area contributed by atoms with E-state index in [9.17, 15) is 4.39 Å². The molecular weight excluding hydrogens is 452 g/mol. The van der Waals surface area contributed by atoms with E-state index in [1.807, 2.05) is 64.1 Å². The summed E-state index contributed by atoms with van der Waals surface area (Å²) in [5.41, 5.74) is 5.18. The molecule has 0 spiro atoms. The molecule has 5 rings (SSSR count). The minimum Gasteiger partial charge on any atom is -0.381 e. The molecule has 0 radical (unpaired) electrons. The Morgan fingerprint density at radius 1 is 1.08 bits per heavy atom. The molecular formula is C31H37F2N3. The Morgan fingerprint density at radius 3 is 2.47 bits per heavy atom. The number of hydrogen-bond donors (Lipinski definition) is 0. The van der Waals surface area contributed by atoms with Crippen LogP contribution in [-0.2, 0) is 6.42 Å². The number of nitrogens with zero attached hydrogens (tertiary/aromatic N) is 3. The van der Waals surface area contributed by atoms with Crippen LogP contribution in [0.25, 0.3) is 16.3 Å². The van der Waals surface area contributed by atoms with Crippen LogP contribution in [0.1, 0.15) is 56.2 Å². The lowest BCUT2D eigenvalue weighted by Gasteiger charge is -2.31. The standard InChI is InChI=1S/C31H37F2N3/c1-6-23-27(32)12-9-22-17-20(2)18-26(28(22)23)25-11-10-24(21(3)35(4)5)30(29(25)33)34-19-31-13-7-15-36(31)16-8-14-31/h9-12,17-18H,6-8,13-16,19H2,1-5H3/b24-21+,34-30?. The zero-order valence-electron chi connectivity index (χ0n) is 22.2. The normalized spacial score (nSPS) is 22.1. The van der Waals surface area contributed by atoms with Crippen LogP contribution in [0.5, 0.6) is 0 Å². The molecule has 2 aromatic carbocycles. The van der Waals surface area contributed by atoms with Gasteiger partial charge in [0.05, 0.1) is 6.54 Å². The van der Waals surface area contributed by atoms with Gasteiger partial charge in [-0.2, -0.15) is 0 Å². The minimum atomic E-state index is -0.314. The van der Waals surface area contributed by atoms with Crippen LogP contribution in [0, 0.1) is 12.7 Å². The molecule has 3 aliphatic rings. The fraction of sp³-hybridized carbons (Fsp3) is 0.452. The van der Waals surface area contributed by atoms with Crippen LogP contribution < -0.4 is 0 Å². The second kappa shape index (κ2) is 9.59. The molecule has 2 aromatic rings. The van der Waals surface area contributed by atoms with E-state index in [0.717, 1.165) is 59.1 Å². The molecule has 0 unspecified atom stereocenters. The summed E-state index contributed by atoms with van der Waals surface area (Å²) in [5, 5.41) is 1.73. The molecule has 2 saturated heterocycles. The van der Waals surface area contributed by atoms with Crippen molar-refractivity contribution in [1.29, 1.82) is 0 Å². The Balaban J connectivity index is 1.70. The third kappa shape index (κ3) is 4.11. The van der Waals surface area contributed by atoms with Crippen molar-refractivity contribution in [2.75, 3.05) is 33.7 Å². The van der Waals surface area contributed by atoms with E-state index in [4.69, 9.17) is 4.99 Å². The van der Waals surface area contributed by atoms with Crippen molar-refractivity contribution in [2.24, 2.45) is 4.99 Å².